The van der Waals surface area contributed by atoms with Crippen molar-refractivity contribution in [1.29, 1.82) is 0 Å². The second kappa shape index (κ2) is 8.20. The van der Waals surface area contributed by atoms with Crippen molar-refractivity contribution in [3.8, 4) is 0 Å². The van der Waals surface area contributed by atoms with Crippen molar-refractivity contribution in [2.24, 2.45) is 0 Å². The van der Waals surface area contributed by atoms with E-state index in [9.17, 15) is 4.79 Å². The molecule has 0 radical (unpaired) electrons. The fourth-order valence-electron chi connectivity index (χ4n) is 1.51. The molecule has 3 nitrogen and oxygen atoms in total. The molecule has 0 aliphatic carbocycles. The van der Waals surface area contributed by atoms with Gasteiger partial charge in [-0.2, -0.15) is 0 Å². The zero-order valence-electron chi connectivity index (χ0n) is 10.7. The molecule has 0 aliphatic heterocycles. The number of carbonyl (C=O) groups excluding carboxylic acids is 1. The third-order valence-corrected chi connectivity index (χ3v) is 2.85. The van der Waals surface area contributed by atoms with Gasteiger partial charge in [0, 0.05) is 22.7 Å². The van der Waals surface area contributed by atoms with E-state index in [0.29, 0.717) is 23.0 Å². The van der Waals surface area contributed by atoms with Crippen LogP contribution in [0.25, 0.3) is 6.08 Å². The van der Waals surface area contributed by atoms with Crippen molar-refractivity contribution in [1.82, 2.24) is 5.32 Å². The monoisotopic (exact) mass is 301 g/mol. The first-order chi connectivity index (χ1) is 8.97. The fourth-order valence-corrected chi connectivity index (χ4v) is 2.05. The van der Waals surface area contributed by atoms with Crippen LogP contribution in [0.15, 0.2) is 24.3 Å². The smallest absolute Gasteiger partial charge is 0.243 e. The summed E-state index contributed by atoms with van der Waals surface area (Å²) in [5, 5.41) is 12.9. The number of benzene rings is 1. The first-order valence-corrected chi connectivity index (χ1v) is 6.83. The van der Waals surface area contributed by atoms with E-state index in [2.05, 4.69) is 5.32 Å². The Morgan fingerprint density at radius 3 is 2.58 bits per heavy atom. The van der Waals surface area contributed by atoms with Gasteiger partial charge in [-0.3, -0.25) is 4.79 Å². The maximum absolute atomic E-state index is 11.5. The van der Waals surface area contributed by atoms with Gasteiger partial charge in [0.2, 0.25) is 5.91 Å². The lowest BCUT2D eigenvalue weighted by molar-refractivity contribution is -0.116. The Bertz CT molecular complexity index is 439. The molecule has 0 heterocycles. The molecule has 1 rings (SSSR count). The van der Waals surface area contributed by atoms with Crippen LogP contribution < -0.4 is 5.32 Å². The highest BCUT2D eigenvalue weighted by Gasteiger charge is 1.99. The number of halogens is 2. The maximum Gasteiger partial charge on any atom is 0.243 e. The summed E-state index contributed by atoms with van der Waals surface area (Å²) < 4.78 is 0. The van der Waals surface area contributed by atoms with E-state index in [1.807, 2.05) is 0 Å². The number of aliphatic hydroxyl groups is 1. The van der Waals surface area contributed by atoms with Crippen molar-refractivity contribution in [2.75, 3.05) is 6.54 Å². The number of rotatable bonds is 6. The molecule has 1 unspecified atom stereocenters. The highest BCUT2D eigenvalue weighted by molar-refractivity contribution is 6.34. The van der Waals surface area contributed by atoms with Crippen molar-refractivity contribution < 1.29 is 9.90 Å². The number of hydrogen-bond acceptors (Lipinski definition) is 2. The normalized spacial score (nSPS) is 12.6. The Labute approximate surface area is 123 Å². The molecule has 0 saturated carbocycles. The van der Waals surface area contributed by atoms with Gasteiger partial charge in [-0.25, -0.2) is 0 Å². The van der Waals surface area contributed by atoms with Gasteiger partial charge in [-0.1, -0.05) is 23.2 Å². The van der Waals surface area contributed by atoms with Crippen molar-refractivity contribution >= 4 is 35.2 Å². The molecular weight excluding hydrogens is 285 g/mol. The Hall–Kier alpha value is -1.03. The van der Waals surface area contributed by atoms with Crippen LogP contribution in [-0.2, 0) is 4.79 Å². The maximum atomic E-state index is 11.5. The zero-order chi connectivity index (χ0) is 14.3. The molecule has 2 N–H and O–H groups in total. The molecule has 1 amide bonds. The van der Waals surface area contributed by atoms with E-state index in [0.717, 1.165) is 12.0 Å². The SMILES string of the molecule is CC(O)CCCNC(=O)/C=C/c1cc(Cl)cc(Cl)c1. The number of aliphatic hydroxyl groups excluding tert-OH is 1. The van der Waals surface area contributed by atoms with E-state index in [1.54, 1.807) is 31.2 Å². The minimum absolute atomic E-state index is 0.179. The van der Waals surface area contributed by atoms with Gasteiger partial charge >= 0.3 is 0 Å². The molecule has 1 aromatic rings. The molecule has 1 aromatic carbocycles. The van der Waals surface area contributed by atoms with Crippen LogP contribution in [0.2, 0.25) is 10.0 Å². The van der Waals surface area contributed by atoms with Crippen LogP contribution in [0.5, 0.6) is 0 Å². The number of amides is 1. The van der Waals surface area contributed by atoms with E-state index < -0.39 is 0 Å². The van der Waals surface area contributed by atoms with E-state index in [-0.39, 0.29) is 12.0 Å². The van der Waals surface area contributed by atoms with Crippen LogP contribution >= 0.6 is 23.2 Å². The lowest BCUT2D eigenvalue weighted by atomic mass is 10.2. The third kappa shape index (κ3) is 7.21. The van der Waals surface area contributed by atoms with E-state index in [4.69, 9.17) is 28.3 Å². The molecule has 0 bridgehead atoms. The Morgan fingerprint density at radius 2 is 2.00 bits per heavy atom. The van der Waals surface area contributed by atoms with Gasteiger partial charge in [0.25, 0.3) is 0 Å². The summed E-state index contributed by atoms with van der Waals surface area (Å²) in [6.45, 7) is 2.27. The lowest BCUT2D eigenvalue weighted by Gasteiger charge is -2.04. The third-order valence-electron chi connectivity index (χ3n) is 2.41. The van der Waals surface area contributed by atoms with Gasteiger partial charge in [0.15, 0.2) is 0 Å². The Kier molecular flexibility index (Phi) is 6.92. The Balaban J connectivity index is 2.41. The standard InChI is InChI=1S/C14H17Cl2NO2/c1-10(18)3-2-6-17-14(19)5-4-11-7-12(15)9-13(16)8-11/h4-5,7-10,18H,2-3,6H2,1H3,(H,17,19)/b5-4+. The van der Waals surface area contributed by atoms with Crippen LogP contribution in [0.1, 0.15) is 25.3 Å². The first-order valence-electron chi connectivity index (χ1n) is 6.07. The lowest BCUT2D eigenvalue weighted by Crippen LogP contribution is -2.22. The van der Waals surface area contributed by atoms with E-state index >= 15 is 0 Å². The minimum atomic E-state index is -0.332. The van der Waals surface area contributed by atoms with Crippen LogP contribution in [0, 0.1) is 0 Å². The molecule has 1 atom stereocenters. The van der Waals surface area contributed by atoms with Crippen molar-refractivity contribution in [3.05, 3.63) is 39.9 Å². The highest BCUT2D eigenvalue weighted by Crippen LogP contribution is 2.19. The van der Waals surface area contributed by atoms with Gasteiger partial charge in [-0.05, 0) is 49.6 Å². The van der Waals surface area contributed by atoms with Crippen molar-refractivity contribution in [3.63, 3.8) is 0 Å². The van der Waals surface area contributed by atoms with Gasteiger partial charge in [-0.15, -0.1) is 0 Å². The molecule has 5 heteroatoms. The quantitative estimate of drug-likeness (QED) is 0.626. The molecular formula is C14H17Cl2NO2. The molecule has 0 saturated heterocycles. The summed E-state index contributed by atoms with van der Waals surface area (Å²) >= 11 is 11.7. The van der Waals surface area contributed by atoms with Crippen LogP contribution in [-0.4, -0.2) is 23.7 Å². The summed E-state index contributed by atoms with van der Waals surface area (Å²) in [6, 6.07) is 5.09. The number of carbonyl (C=O) groups is 1. The second-order valence-corrected chi connectivity index (χ2v) is 5.19. The van der Waals surface area contributed by atoms with Gasteiger partial charge in [0.1, 0.15) is 0 Å². The molecule has 104 valence electrons. The average Bonchev–Trinajstić information content (AvgIpc) is 2.31. The van der Waals surface area contributed by atoms with Gasteiger partial charge in [0.05, 0.1) is 6.10 Å². The fraction of sp³-hybridized carbons (Fsp3) is 0.357. The zero-order valence-corrected chi connectivity index (χ0v) is 12.2. The average molecular weight is 302 g/mol. The summed E-state index contributed by atoms with van der Waals surface area (Å²) in [5.41, 5.74) is 0.775. The molecule has 0 spiro atoms. The predicted octanol–water partition coefficient (Wildman–Crippen LogP) is 3.28. The topological polar surface area (TPSA) is 49.3 Å². The molecule has 0 aromatic heterocycles. The van der Waals surface area contributed by atoms with Gasteiger partial charge < -0.3 is 10.4 Å². The molecule has 0 fully saturated rings. The van der Waals surface area contributed by atoms with Crippen molar-refractivity contribution in [2.45, 2.75) is 25.9 Å². The van der Waals surface area contributed by atoms with Crippen LogP contribution in [0.4, 0.5) is 0 Å². The predicted molar refractivity (Wildman–Crippen MR) is 79.4 cm³/mol. The number of nitrogens with one attached hydrogen (secondary N) is 1. The number of hydrogen-bond donors (Lipinski definition) is 2. The van der Waals surface area contributed by atoms with Crippen LogP contribution in [0.3, 0.4) is 0 Å². The Morgan fingerprint density at radius 1 is 1.37 bits per heavy atom. The molecule has 19 heavy (non-hydrogen) atoms. The largest absolute Gasteiger partial charge is 0.393 e. The summed E-state index contributed by atoms with van der Waals surface area (Å²) in [5.74, 6) is -0.179. The first kappa shape index (κ1) is 16.0. The summed E-state index contributed by atoms with van der Waals surface area (Å²) in [7, 11) is 0. The summed E-state index contributed by atoms with van der Waals surface area (Å²) in [4.78, 5) is 11.5. The van der Waals surface area contributed by atoms with E-state index in [1.165, 1.54) is 6.08 Å². The highest BCUT2D eigenvalue weighted by atomic mass is 35.5. The summed E-state index contributed by atoms with van der Waals surface area (Å²) in [6.07, 6.45) is 4.18. The molecule has 0 aliphatic rings. The minimum Gasteiger partial charge on any atom is -0.393 e. The second-order valence-electron chi connectivity index (χ2n) is 4.32.